The number of ketones is 1. The predicted molar refractivity (Wildman–Crippen MR) is 234 cm³/mol. The highest BCUT2D eigenvalue weighted by molar-refractivity contribution is 7.14. The van der Waals surface area contributed by atoms with Crippen molar-refractivity contribution < 1.29 is 43.3 Å². The van der Waals surface area contributed by atoms with E-state index in [4.69, 9.17) is 28.8 Å². The van der Waals surface area contributed by atoms with E-state index in [9.17, 15) is 19.5 Å². The number of aliphatic imine (C=N–C) groups is 1. The number of nitrogens with zero attached hydrogens (tertiary/aromatic N) is 4. The first-order chi connectivity index (χ1) is 29.0. The molecule has 4 aliphatic rings. The van der Waals surface area contributed by atoms with Gasteiger partial charge in [0.25, 0.3) is 0 Å². The molecule has 2 bridgehead atoms. The number of amides is 1. The molecule has 13 atom stereocenters. The topological polar surface area (TPSA) is 149 Å². The molecule has 0 saturated carbocycles. The first-order valence-electron chi connectivity index (χ1n) is 21.7. The zero-order valence-electron chi connectivity index (χ0n) is 37.3. The van der Waals surface area contributed by atoms with Crippen LogP contribution in [0.15, 0.2) is 52.6 Å². The van der Waals surface area contributed by atoms with E-state index in [0.29, 0.717) is 45.4 Å². The lowest BCUT2D eigenvalue weighted by molar-refractivity contribution is -0.286. The fourth-order valence-electron chi connectivity index (χ4n) is 10.1. The highest BCUT2D eigenvalue weighted by Gasteiger charge is 2.60. The number of thiophene rings is 1. The molecule has 13 nitrogen and oxygen atoms in total. The van der Waals surface area contributed by atoms with E-state index in [2.05, 4.69) is 37.8 Å². The standard InChI is InChI=1S/C47H64N4O9S/c1-11-37-47(8)41-30(4)38(48-22-23-51(41)45(55)60-47)28(2)25-46(7,21-15-18-34-19-20-35(61-34)26-49-56-27-33-16-13-12-14-17-33)42(31(5)39(52)32(6)43(54)58-37)59-44-40(53)36(50(9)10)24-29(3)57-44/h12-14,16-17,19-20,26,28-32,36-37,40-42,44,53H,11,21-25,27H2,1-10H3/b49-26-/t28-,29-,30-,31+,32-,36+,37+,40-,41-,42-,44?,46+,47-/m1/s1. The number of ether oxygens (including phenoxy) is 4. The number of carbonyl (C=O) groups is 3. The molecule has 1 unspecified atom stereocenters. The molecule has 5 heterocycles. The van der Waals surface area contributed by atoms with Gasteiger partial charge in [-0.2, -0.15) is 0 Å². The Hall–Kier alpha value is -4.13. The molecule has 14 heteroatoms. The van der Waals surface area contributed by atoms with Gasteiger partial charge in [0.1, 0.15) is 24.7 Å². The molecular weight excluding hydrogens is 797 g/mol. The van der Waals surface area contributed by atoms with Crippen molar-refractivity contribution in [3.63, 3.8) is 0 Å². The zero-order valence-corrected chi connectivity index (χ0v) is 38.1. The normalized spacial score (nSPS) is 36.1. The Labute approximate surface area is 365 Å². The average Bonchev–Trinajstić information content (AvgIpc) is 3.72. The third-order valence-corrected chi connectivity index (χ3v) is 14.1. The molecule has 2 aromatic rings. The molecule has 1 aromatic heterocycles. The summed E-state index contributed by atoms with van der Waals surface area (Å²) in [6.45, 7) is 16.4. The maximum atomic E-state index is 14.7. The van der Waals surface area contributed by atoms with Gasteiger partial charge in [0.05, 0.1) is 35.9 Å². The smallest absolute Gasteiger partial charge is 0.410 e. The van der Waals surface area contributed by atoms with Crippen molar-refractivity contribution in [3.8, 4) is 11.8 Å². The predicted octanol–water partition coefficient (Wildman–Crippen LogP) is 6.73. The molecule has 3 saturated heterocycles. The summed E-state index contributed by atoms with van der Waals surface area (Å²) in [5.74, 6) is 3.29. The van der Waals surface area contributed by atoms with Gasteiger partial charge in [-0.3, -0.25) is 19.5 Å². The number of cyclic esters (lactones) is 1. The highest BCUT2D eigenvalue weighted by Crippen LogP contribution is 2.46. The maximum absolute atomic E-state index is 14.7. The van der Waals surface area contributed by atoms with Crippen molar-refractivity contribution in [1.29, 1.82) is 0 Å². The number of oxime groups is 1. The summed E-state index contributed by atoms with van der Waals surface area (Å²) in [7, 11) is 3.83. The number of Topliss-reactive ketones (excluding diaryl/α,β-unsaturated/α-hetero) is 1. The van der Waals surface area contributed by atoms with E-state index in [0.717, 1.165) is 21.0 Å². The Morgan fingerprint density at radius 1 is 1.07 bits per heavy atom. The largest absolute Gasteiger partial charge is 0.458 e. The third-order valence-electron chi connectivity index (χ3n) is 13.2. The van der Waals surface area contributed by atoms with Gasteiger partial charge in [-0.1, -0.05) is 81.9 Å². The zero-order chi connectivity index (χ0) is 44.2. The second kappa shape index (κ2) is 19.5. The summed E-state index contributed by atoms with van der Waals surface area (Å²) in [4.78, 5) is 58.3. The van der Waals surface area contributed by atoms with Crippen LogP contribution in [0.2, 0.25) is 0 Å². The monoisotopic (exact) mass is 860 g/mol. The Morgan fingerprint density at radius 2 is 1.80 bits per heavy atom. The molecule has 1 amide bonds. The van der Waals surface area contributed by atoms with Crippen LogP contribution in [-0.2, 0) is 40.0 Å². The van der Waals surface area contributed by atoms with Crippen LogP contribution in [0.3, 0.4) is 0 Å². The van der Waals surface area contributed by atoms with Gasteiger partial charge in [-0.25, -0.2) is 4.79 Å². The Kier molecular flexibility index (Phi) is 14.8. The van der Waals surface area contributed by atoms with Crippen LogP contribution >= 0.6 is 11.3 Å². The summed E-state index contributed by atoms with van der Waals surface area (Å²) in [6.07, 6.45) is -1.02. The van der Waals surface area contributed by atoms with E-state index in [1.54, 1.807) is 25.0 Å². The fourth-order valence-corrected chi connectivity index (χ4v) is 10.8. The second-order valence-electron chi connectivity index (χ2n) is 18.1. The number of aliphatic hydroxyl groups excluding tert-OH is 1. The molecule has 0 spiro atoms. The minimum atomic E-state index is -1.18. The highest BCUT2D eigenvalue weighted by atomic mass is 32.1. The molecule has 0 aliphatic carbocycles. The first-order valence-corrected chi connectivity index (χ1v) is 22.5. The quantitative estimate of drug-likeness (QED) is 0.0947. The van der Waals surface area contributed by atoms with Crippen LogP contribution in [0.25, 0.3) is 0 Å². The summed E-state index contributed by atoms with van der Waals surface area (Å²) in [5, 5.41) is 15.9. The summed E-state index contributed by atoms with van der Waals surface area (Å²) >= 11 is 1.48. The van der Waals surface area contributed by atoms with Gasteiger partial charge in [0, 0.05) is 46.8 Å². The minimum Gasteiger partial charge on any atom is -0.458 e. The van der Waals surface area contributed by atoms with Crippen molar-refractivity contribution in [2.24, 2.45) is 39.2 Å². The molecule has 332 valence electrons. The van der Waals surface area contributed by atoms with Gasteiger partial charge < -0.3 is 33.8 Å². The molecule has 0 radical (unpaired) electrons. The Bertz CT molecular complexity index is 1990. The van der Waals surface area contributed by atoms with Crippen LogP contribution in [0.4, 0.5) is 4.79 Å². The number of esters is 1. The number of aliphatic hydroxyl groups is 1. The summed E-state index contributed by atoms with van der Waals surface area (Å²) in [5.41, 5.74) is -0.106. The lowest BCUT2D eigenvalue weighted by Gasteiger charge is -2.47. The molecule has 6 rings (SSSR count). The van der Waals surface area contributed by atoms with Crippen LogP contribution in [0.5, 0.6) is 0 Å². The maximum Gasteiger partial charge on any atom is 0.410 e. The van der Waals surface area contributed by atoms with Crippen LogP contribution < -0.4 is 0 Å². The minimum absolute atomic E-state index is 0.163. The van der Waals surface area contributed by atoms with E-state index in [1.807, 2.05) is 82.2 Å². The lowest BCUT2D eigenvalue weighted by atomic mass is 9.66. The molecule has 61 heavy (non-hydrogen) atoms. The Morgan fingerprint density at radius 3 is 2.51 bits per heavy atom. The SMILES string of the molecule is CC[C@@H]1OC(=O)[C@H](C)C(=O)[C@H](C)[C@@H](OC2O[C@H](C)C[C@H](N(C)C)[C@H]2O)[C@@](C)(CC#Cc2ccc(/C=N\OCc3ccccc3)s2)C[C@@H](C)C2=NCCN3C(=O)O[C@@]1(C)[C@H]3[C@@H]2C. The van der Waals surface area contributed by atoms with Crippen molar-refractivity contribution in [2.45, 2.75) is 136 Å². The van der Waals surface area contributed by atoms with Crippen molar-refractivity contribution >= 4 is 41.1 Å². The van der Waals surface area contributed by atoms with Crippen molar-refractivity contribution in [1.82, 2.24) is 9.80 Å². The number of fused-ring (bicyclic) bond motifs is 1. The molecular formula is C47H64N4O9S. The number of likely N-dealkylation sites (N-methyl/N-ethyl adjacent to an activating group) is 1. The number of carbonyl (C=O) groups excluding carboxylic acids is 3. The molecule has 3 fully saturated rings. The van der Waals surface area contributed by atoms with Crippen LogP contribution in [0.1, 0.15) is 96.4 Å². The number of rotatable bonds is 9. The van der Waals surface area contributed by atoms with Crippen LogP contribution in [-0.4, -0.2) is 120 Å². The van der Waals surface area contributed by atoms with E-state index in [1.165, 1.54) is 11.3 Å². The lowest BCUT2D eigenvalue weighted by Crippen LogP contribution is -2.58. The molecule has 4 aliphatic heterocycles. The van der Waals surface area contributed by atoms with Gasteiger partial charge in [-0.15, -0.1) is 11.3 Å². The van der Waals surface area contributed by atoms with E-state index < -0.39 is 65.6 Å². The molecule has 1 aromatic carbocycles. The average molecular weight is 861 g/mol. The number of hydrogen-bond acceptors (Lipinski definition) is 13. The van der Waals surface area contributed by atoms with Gasteiger partial charge >= 0.3 is 12.1 Å². The van der Waals surface area contributed by atoms with Gasteiger partial charge in [0.15, 0.2) is 17.7 Å². The van der Waals surface area contributed by atoms with Crippen LogP contribution in [0, 0.1) is 40.9 Å². The van der Waals surface area contributed by atoms with Gasteiger partial charge in [0.2, 0.25) is 0 Å². The van der Waals surface area contributed by atoms with Crippen molar-refractivity contribution in [2.75, 3.05) is 27.2 Å². The molecule has 1 N–H and O–H groups in total. The first kappa shape index (κ1) is 46.4. The van der Waals surface area contributed by atoms with E-state index >= 15 is 0 Å². The van der Waals surface area contributed by atoms with E-state index in [-0.39, 0.29) is 29.8 Å². The summed E-state index contributed by atoms with van der Waals surface area (Å²) < 4.78 is 25.6. The van der Waals surface area contributed by atoms with Gasteiger partial charge in [-0.05, 0) is 77.7 Å². The summed E-state index contributed by atoms with van der Waals surface area (Å²) in [6, 6.07) is 13.0. The third kappa shape index (κ3) is 10.1. The fraction of sp³-hybridized carbons (Fsp3) is 0.638. The number of benzene rings is 1. The van der Waals surface area contributed by atoms with Crippen molar-refractivity contribution in [3.05, 3.63) is 57.8 Å². The Balaban J connectivity index is 1.38. The second-order valence-corrected chi connectivity index (χ2v) is 19.2. The number of hydrogen-bond donors (Lipinski definition) is 1.